The van der Waals surface area contributed by atoms with Crippen molar-refractivity contribution in [1.29, 1.82) is 0 Å². The maximum Gasteiger partial charge on any atom is 0.254 e. The Bertz CT molecular complexity index is 1230. The second-order valence-corrected chi connectivity index (χ2v) is 12.9. The van der Waals surface area contributed by atoms with Crippen LogP contribution < -0.4 is 0 Å². The fourth-order valence-electron chi connectivity index (χ4n) is 9.94. The average molecular weight is 489 g/mol. The number of amides is 1. The Hall–Kier alpha value is -2.04. The van der Waals surface area contributed by atoms with Crippen molar-refractivity contribution in [2.75, 3.05) is 19.6 Å². The number of likely N-dealkylation sites (tertiary alicyclic amines) is 2. The summed E-state index contributed by atoms with van der Waals surface area (Å²) in [6, 6.07) is 14.5. The molecule has 4 aliphatic carbocycles. The van der Waals surface area contributed by atoms with Gasteiger partial charge in [0.2, 0.25) is 0 Å². The van der Waals surface area contributed by atoms with Crippen LogP contribution >= 0.6 is 11.6 Å². The molecule has 5 heteroatoms. The van der Waals surface area contributed by atoms with Crippen LogP contribution in [0.2, 0.25) is 5.02 Å². The first-order valence-electron chi connectivity index (χ1n) is 13.6. The number of fused-ring (bicyclic) bond motifs is 1. The van der Waals surface area contributed by atoms with Crippen LogP contribution in [0.4, 0.5) is 0 Å². The smallest absolute Gasteiger partial charge is 0.254 e. The molecule has 2 aliphatic heterocycles. The highest BCUT2D eigenvalue weighted by Crippen LogP contribution is 2.75. The highest BCUT2D eigenvalue weighted by Gasteiger charge is 2.76. The number of halogens is 1. The monoisotopic (exact) mass is 488 g/mol. The van der Waals surface area contributed by atoms with Crippen LogP contribution in [-0.4, -0.2) is 52.5 Å². The summed E-state index contributed by atoms with van der Waals surface area (Å²) in [5, 5.41) is 11.3. The van der Waals surface area contributed by atoms with Crippen LogP contribution in [-0.2, 0) is 11.8 Å². The minimum absolute atomic E-state index is 0.0899. The van der Waals surface area contributed by atoms with Gasteiger partial charge in [-0.05, 0) is 122 Å². The van der Waals surface area contributed by atoms with E-state index in [4.69, 9.17) is 11.6 Å². The molecule has 1 amide bonds. The predicted molar refractivity (Wildman–Crippen MR) is 136 cm³/mol. The van der Waals surface area contributed by atoms with E-state index < -0.39 is 0 Å². The molecule has 6 atom stereocenters. The van der Waals surface area contributed by atoms with E-state index in [0.717, 1.165) is 30.9 Å². The van der Waals surface area contributed by atoms with E-state index >= 15 is 0 Å². The molecule has 6 aliphatic rings. The molecule has 5 fully saturated rings. The van der Waals surface area contributed by atoms with E-state index in [1.807, 2.05) is 30.3 Å². The van der Waals surface area contributed by atoms with Crippen molar-refractivity contribution < 1.29 is 9.90 Å². The van der Waals surface area contributed by atoms with Crippen LogP contribution in [0.5, 0.6) is 5.75 Å². The number of phenolic OH excluding ortho intramolecular Hbond substituents is 1. The van der Waals surface area contributed by atoms with Gasteiger partial charge in [-0.3, -0.25) is 9.69 Å². The lowest BCUT2D eigenvalue weighted by Gasteiger charge is -2.66. The summed E-state index contributed by atoms with van der Waals surface area (Å²) in [6.45, 7) is 3.32. The fourth-order valence-corrected chi connectivity index (χ4v) is 10.1. The first kappa shape index (κ1) is 21.1. The van der Waals surface area contributed by atoms with Crippen molar-refractivity contribution in [1.82, 2.24) is 9.80 Å². The average Bonchev–Trinajstić information content (AvgIpc) is 3.54. The molecule has 35 heavy (non-hydrogen) atoms. The Morgan fingerprint density at radius 1 is 1.09 bits per heavy atom. The summed E-state index contributed by atoms with van der Waals surface area (Å²) < 4.78 is 0. The lowest BCUT2D eigenvalue weighted by atomic mass is 9.43. The molecule has 5 unspecified atom stereocenters. The van der Waals surface area contributed by atoms with Gasteiger partial charge >= 0.3 is 0 Å². The summed E-state index contributed by atoms with van der Waals surface area (Å²) in [4.78, 5) is 18.8. The van der Waals surface area contributed by atoms with Crippen molar-refractivity contribution in [2.24, 2.45) is 23.2 Å². The normalized spacial score (nSPS) is 38.8. The number of piperidine rings is 1. The standard InChI is InChI=1S/C30H33ClN2O2/c31-22-6-3-19(4-7-22)28(35)33-17-21-15-29-10-9-25(33)27(21)30(29)11-12-32(16-18-1-2-18)26(29)13-20-5-8-23(34)14-24(20)30/h3-8,14,18,21,25-27,34H,1-2,9-13,15-17H2/t21-,25?,26?,27?,29?,30?/m1/s1. The lowest BCUT2D eigenvalue weighted by Crippen LogP contribution is -2.69. The zero-order valence-corrected chi connectivity index (χ0v) is 20.9. The Morgan fingerprint density at radius 3 is 2.71 bits per heavy atom. The highest BCUT2D eigenvalue weighted by molar-refractivity contribution is 6.30. The highest BCUT2D eigenvalue weighted by atomic mass is 35.5. The van der Waals surface area contributed by atoms with Crippen LogP contribution in [0.3, 0.4) is 0 Å². The number of carbonyl (C=O) groups is 1. The second kappa shape index (κ2) is 7.04. The molecule has 4 nitrogen and oxygen atoms in total. The van der Waals surface area contributed by atoms with Gasteiger partial charge in [0.05, 0.1) is 0 Å². The van der Waals surface area contributed by atoms with Gasteiger partial charge in [0, 0.05) is 41.2 Å². The third-order valence-corrected chi connectivity index (χ3v) is 11.4. The number of carbonyl (C=O) groups excluding carboxylic acids is 1. The van der Waals surface area contributed by atoms with Gasteiger partial charge in [0.1, 0.15) is 5.75 Å². The first-order valence-corrected chi connectivity index (χ1v) is 14.0. The minimum Gasteiger partial charge on any atom is -0.508 e. The maximum absolute atomic E-state index is 13.7. The number of phenols is 1. The SMILES string of the molecule is O=C(c1ccc(Cl)cc1)N1C[C@H]2CC34CCC1C2C31CCN(CC2CC2)C4Cc2ccc(O)cc21. The van der Waals surface area contributed by atoms with Crippen molar-refractivity contribution in [3.05, 3.63) is 64.2 Å². The molecular weight excluding hydrogens is 456 g/mol. The summed E-state index contributed by atoms with van der Waals surface area (Å²) in [5.74, 6) is 2.53. The van der Waals surface area contributed by atoms with Crippen LogP contribution in [0.1, 0.15) is 60.0 Å². The Morgan fingerprint density at radius 2 is 1.91 bits per heavy atom. The van der Waals surface area contributed by atoms with Gasteiger partial charge in [-0.25, -0.2) is 0 Å². The van der Waals surface area contributed by atoms with E-state index in [1.54, 1.807) is 0 Å². The summed E-state index contributed by atoms with van der Waals surface area (Å²) in [6.07, 6.45) is 8.66. The van der Waals surface area contributed by atoms with Crippen LogP contribution in [0.25, 0.3) is 0 Å². The Balaban J connectivity index is 1.23. The lowest BCUT2D eigenvalue weighted by molar-refractivity contribution is -0.102. The van der Waals surface area contributed by atoms with Gasteiger partial charge in [0.15, 0.2) is 0 Å². The quantitative estimate of drug-likeness (QED) is 0.640. The van der Waals surface area contributed by atoms with Gasteiger partial charge < -0.3 is 10.0 Å². The van der Waals surface area contributed by atoms with Crippen molar-refractivity contribution in [3.63, 3.8) is 0 Å². The molecule has 2 heterocycles. The minimum atomic E-state index is 0.0899. The molecule has 3 saturated carbocycles. The number of hydrogen-bond donors (Lipinski definition) is 1. The molecule has 2 saturated heterocycles. The van der Waals surface area contributed by atoms with E-state index in [9.17, 15) is 9.90 Å². The number of benzene rings is 2. The van der Waals surface area contributed by atoms with E-state index in [1.165, 1.54) is 56.3 Å². The molecule has 0 aromatic heterocycles. The number of nitrogens with zero attached hydrogens (tertiary/aromatic N) is 2. The summed E-state index contributed by atoms with van der Waals surface area (Å²) in [7, 11) is 0. The first-order chi connectivity index (χ1) is 17.0. The van der Waals surface area contributed by atoms with Crippen molar-refractivity contribution in [2.45, 2.75) is 62.4 Å². The molecular formula is C30H33ClN2O2. The van der Waals surface area contributed by atoms with Crippen LogP contribution in [0.15, 0.2) is 42.5 Å². The topological polar surface area (TPSA) is 43.8 Å². The van der Waals surface area contributed by atoms with Crippen molar-refractivity contribution >= 4 is 17.5 Å². The number of rotatable bonds is 3. The Labute approximate surface area is 212 Å². The number of hydrogen-bond acceptors (Lipinski definition) is 3. The van der Waals surface area contributed by atoms with Gasteiger partial charge in [-0.2, -0.15) is 0 Å². The molecule has 1 N–H and O–H groups in total. The third-order valence-electron chi connectivity index (χ3n) is 11.1. The molecule has 0 radical (unpaired) electrons. The van der Waals surface area contributed by atoms with E-state index in [0.29, 0.717) is 40.1 Å². The molecule has 2 aromatic rings. The maximum atomic E-state index is 13.7. The van der Waals surface area contributed by atoms with E-state index in [2.05, 4.69) is 21.9 Å². The van der Waals surface area contributed by atoms with Crippen molar-refractivity contribution in [3.8, 4) is 5.75 Å². The molecule has 2 aromatic carbocycles. The molecule has 0 spiro atoms. The zero-order valence-electron chi connectivity index (χ0n) is 20.1. The fraction of sp³-hybridized carbons (Fsp3) is 0.567. The second-order valence-electron chi connectivity index (χ2n) is 12.4. The zero-order chi connectivity index (χ0) is 23.5. The van der Waals surface area contributed by atoms with Gasteiger partial charge in [0.25, 0.3) is 5.91 Å². The molecule has 8 rings (SSSR count). The summed E-state index contributed by atoms with van der Waals surface area (Å²) in [5.41, 5.74) is 4.02. The summed E-state index contributed by atoms with van der Waals surface area (Å²) >= 11 is 6.11. The van der Waals surface area contributed by atoms with E-state index in [-0.39, 0.29) is 11.3 Å². The number of aromatic hydroxyl groups is 1. The van der Waals surface area contributed by atoms with Crippen LogP contribution in [0, 0.1) is 23.2 Å². The predicted octanol–water partition coefficient (Wildman–Crippen LogP) is 5.26. The third kappa shape index (κ3) is 2.65. The molecule has 4 bridgehead atoms. The molecule has 182 valence electrons. The van der Waals surface area contributed by atoms with Gasteiger partial charge in [-0.15, -0.1) is 0 Å². The largest absolute Gasteiger partial charge is 0.508 e. The Kier molecular flexibility index (Phi) is 4.24. The van der Waals surface area contributed by atoms with Gasteiger partial charge in [-0.1, -0.05) is 17.7 Å².